The lowest BCUT2D eigenvalue weighted by Gasteiger charge is -2.11. The molecular weight excluding hydrogens is 322 g/mol. The molecular formula is C15H22BrNO3. The molecule has 0 aliphatic heterocycles. The molecule has 0 fully saturated rings. The van der Waals surface area contributed by atoms with Crippen LogP contribution in [-0.2, 0) is 4.79 Å². The highest BCUT2D eigenvalue weighted by Crippen LogP contribution is 2.15. The zero-order valence-electron chi connectivity index (χ0n) is 11.8. The van der Waals surface area contributed by atoms with Gasteiger partial charge >= 0.3 is 5.97 Å². The third-order valence-electron chi connectivity index (χ3n) is 3.03. The van der Waals surface area contributed by atoms with Gasteiger partial charge in [-0.2, -0.15) is 0 Å². The minimum atomic E-state index is -0.715. The Morgan fingerprint density at radius 3 is 2.65 bits per heavy atom. The largest absolute Gasteiger partial charge is 0.492 e. The van der Waals surface area contributed by atoms with Crippen molar-refractivity contribution in [3.8, 4) is 5.75 Å². The van der Waals surface area contributed by atoms with E-state index in [9.17, 15) is 4.79 Å². The molecule has 0 radical (unpaired) electrons. The van der Waals surface area contributed by atoms with Gasteiger partial charge < -0.3 is 15.2 Å². The second-order valence-corrected chi connectivity index (χ2v) is 5.79. The van der Waals surface area contributed by atoms with Crippen molar-refractivity contribution in [3.63, 3.8) is 0 Å². The van der Waals surface area contributed by atoms with Crippen molar-refractivity contribution >= 4 is 21.9 Å². The molecule has 0 aliphatic carbocycles. The van der Waals surface area contributed by atoms with E-state index in [1.54, 1.807) is 0 Å². The molecule has 0 saturated heterocycles. The van der Waals surface area contributed by atoms with Crippen LogP contribution >= 0.6 is 15.9 Å². The summed E-state index contributed by atoms with van der Waals surface area (Å²) < 4.78 is 6.63. The predicted molar refractivity (Wildman–Crippen MR) is 83.2 cm³/mol. The first-order chi connectivity index (χ1) is 9.58. The summed E-state index contributed by atoms with van der Waals surface area (Å²) in [6, 6.07) is 7.76. The van der Waals surface area contributed by atoms with Crippen molar-refractivity contribution in [1.82, 2.24) is 5.32 Å². The van der Waals surface area contributed by atoms with Crippen molar-refractivity contribution < 1.29 is 14.6 Å². The monoisotopic (exact) mass is 343 g/mol. The smallest absolute Gasteiger partial charge is 0.303 e. The number of benzene rings is 1. The van der Waals surface area contributed by atoms with Crippen LogP contribution in [-0.4, -0.2) is 30.8 Å². The Morgan fingerprint density at radius 1 is 1.30 bits per heavy atom. The van der Waals surface area contributed by atoms with Gasteiger partial charge in [-0.3, -0.25) is 4.79 Å². The lowest BCUT2D eigenvalue weighted by Crippen LogP contribution is -2.23. The van der Waals surface area contributed by atoms with Crippen molar-refractivity contribution in [2.75, 3.05) is 19.7 Å². The van der Waals surface area contributed by atoms with Gasteiger partial charge in [0.1, 0.15) is 12.4 Å². The highest BCUT2D eigenvalue weighted by atomic mass is 79.9. The molecule has 0 aliphatic rings. The van der Waals surface area contributed by atoms with Gasteiger partial charge in [-0.1, -0.05) is 22.9 Å². The molecule has 112 valence electrons. The number of hydrogen-bond donors (Lipinski definition) is 2. The van der Waals surface area contributed by atoms with E-state index in [-0.39, 0.29) is 6.42 Å². The fraction of sp³-hybridized carbons (Fsp3) is 0.533. The Hall–Kier alpha value is -1.07. The van der Waals surface area contributed by atoms with Crippen LogP contribution in [0.3, 0.4) is 0 Å². The van der Waals surface area contributed by atoms with Gasteiger partial charge in [-0.15, -0.1) is 0 Å². The molecule has 1 atom stereocenters. The standard InChI is InChI=1S/C15H22BrNO3/c1-12(2-7-15(18)19)8-9-17-10-11-20-14-5-3-13(16)4-6-14/h3-6,12,17H,2,7-11H2,1H3,(H,18,19). The van der Waals surface area contributed by atoms with Gasteiger partial charge in [0.25, 0.3) is 0 Å². The summed E-state index contributed by atoms with van der Waals surface area (Å²) in [6.07, 6.45) is 1.99. The number of carboxylic acids is 1. The number of halogens is 1. The van der Waals surface area contributed by atoms with Crippen LogP contribution in [0.15, 0.2) is 28.7 Å². The molecule has 0 bridgehead atoms. The van der Waals surface area contributed by atoms with Crippen LogP contribution in [0.4, 0.5) is 0 Å². The fourth-order valence-corrected chi connectivity index (χ4v) is 2.02. The van der Waals surface area contributed by atoms with Crippen molar-refractivity contribution in [2.24, 2.45) is 5.92 Å². The first kappa shape index (κ1) is 17.0. The van der Waals surface area contributed by atoms with Crippen LogP contribution in [0.5, 0.6) is 5.75 Å². The number of carboxylic acid groups (broad SMARTS) is 1. The molecule has 0 amide bonds. The van der Waals surface area contributed by atoms with E-state index in [1.165, 1.54) is 0 Å². The van der Waals surface area contributed by atoms with E-state index in [1.807, 2.05) is 24.3 Å². The Kier molecular flexibility index (Phi) is 8.30. The highest BCUT2D eigenvalue weighted by Gasteiger charge is 2.04. The second kappa shape index (κ2) is 9.77. The zero-order chi connectivity index (χ0) is 14.8. The maximum Gasteiger partial charge on any atom is 0.303 e. The van der Waals surface area contributed by atoms with Crippen molar-refractivity contribution in [2.45, 2.75) is 26.2 Å². The minimum absolute atomic E-state index is 0.258. The Morgan fingerprint density at radius 2 is 2.00 bits per heavy atom. The van der Waals surface area contributed by atoms with Gasteiger partial charge in [0.15, 0.2) is 0 Å². The van der Waals surface area contributed by atoms with E-state index in [4.69, 9.17) is 9.84 Å². The summed E-state index contributed by atoms with van der Waals surface area (Å²) in [5, 5.41) is 11.9. The van der Waals surface area contributed by atoms with Gasteiger partial charge in [-0.05, 0) is 49.6 Å². The molecule has 4 nitrogen and oxygen atoms in total. The van der Waals surface area contributed by atoms with E-state index < -0.39 is 5.97 Å². The molecule has 2 N–H and O–H groups in total. The first-order valence-corrected chi connectivity index (χ1v) is 7.68. The summed E-state index contributed by atoms with van der Waals surface area (Å²) in [6.45, 7) is 4.40. The van der Waals surface area contributed by atoms with E-state index >= 15 is 0 Å². The van der Waals surface area contributed by atoms with Crippen LogP contribution in [0.2, 0.25) is 0 Å². The maximum absolute atomic E-state index is 10.4. The van der Waals surface area contributed by atoms with Crippen LogP contribution in [0.25, 0.3) is 0 Å². The molecule has 0 aromatic heterocycles. The third-order valence-corrected chi connectivity index (χ3v) is 3.55. The number of ether oxygens (including phenoxy) is 1. The van der Waals surface area contributed by atoms with Gasteiger partial charge in [0.05, 0.1) is 0 Å². The van der Waals surface area contributed by atoms with E-state index in [0.717, 1.165) is 36.2 Å². The number of rotatable bonds is 10. The van der Waals surface area contributed by atoms with Gasteiger partial charge in [0, 0.05) is 17.4 Å². The molecule has 5 heteroatoms. The molecule has 0 saturated carbocycles. The lowest BCUT2D eigenvalue weighted by molar-refractivity contribution is -0.137. The summed E-state index contributed by atoms with van der Waals surface area (Å²) >= 11 is 3.38. The third kappa shape index (κ3) is 8.17. The Labute approximate surface area is 128 Å². The van der Waals surface area contributed by atoms with Gasteiger partial charge in [0.2, 0.25) is 0 Å². The molecule has 0 spiro atoms. The number of aliphatic carboxylic acids is 1. The summed E-state index contributed by atoms with van der Waals surface area (Å²) in [7, 11) is 0. The predicted octanol–water partition coefficient (Wildman–Crippen LogP) is 3.31. The number of carbonyl (C=O) groups is 1. The molecule has 0 heterocycles. The normalized spacial score (nSPS) is 12.1. The van der Waals surface area contributed by atoms with Crippen LogP contribution < -0.4 is 10.1 Å². The maximum atomic E-state index is 10.4. The van der Waals surface area contributed by atoms with E-state index in [0.29, 0.717) is 12.5 Å². The van der Waals surface area contributed by atoms with Crippen LogP contribution in [0, 0.1) is 5.92 Å². The fourth-order valence-electron chi connectivity index (χ4n) is 1.76. The van der Waals surface area contributed by atoms with Gasteiger partial charge in [-0.25, -0.2) is 0 Å². The van der Waals surface area contributed by atoms with Crippen LogP contribution in [0.1, 0.15) is 26.2 Å². The molecule has 1 aromatic carbocycles. The average molecular weight is 344 g/mol. The minimum Gasteiger partial charge on any atom is -0.492 e. The Balaban J connectivity index is 1.99. The molecule has 1 rings (SSSR count). The second-order valence-electron chi connectivity index (χ2n) is 4.88. The topological polar surface area (TPSA) is 58.6 Å². The molecule has 20 heavy (non-hydrogen) atoms. The Bertz CT molecular complexity index is 395. The molecule has 1 unspecified atom stereocenters. The average Bonchev–Trinajstić information content (AvgIpc) is 2.42. The van der Waals surface area contributed by atoms with Crippen molar-refractivity contribution in [3.05, 3.63) is 28.7 Å². The molecule has 1 aromatic rings. The summed E-state index contributed by atoms with van der Waals surface area (Å²) in [5.74, 6) is 0.587. The van der Waals surface area contributed by atoms with Crippen molar-refractivity contribution in [1.29, 1.82) is 0 Å². The highest BCUT2D eigenvalue weighted by molar-refractivity contribution is 9.10. The quantitative estimate of drug-likeness (QED) is 0.640. The summed E-state index contributed by atoms with van der Waals surface area (Å²) in [4.78, 5) is 10.4. The first-order valence-electron chi connectivity index (χ1n) is 6.89. The zero-order valence-corrected chi connectivity index (χ0v) is 13.4. The number of hydrogen-bond acceptors (Lipinski definition) is 3. The summed E-state index contributed by atoms with van der Waals surface area (Å²) in [5.41, 5.74) is 0. The lowest BCUT2D eigenvalue weighted by atomic mass is 10.0. The SMILES string of the molecule is CC(CCNCCOc1ccc(Br)cc1)CCC(=O)O. The van der Waals surface area contributed by atoms with E-state index in [2.05, 4.69) is 28.2 Å². The number of nitrogens with one attached hydrogen (secondary N) is 1.